The number of carbonyl (C=O) groups is 1. The highest BCUT2D eigenvalue weighted by Crippen LogP contribution is 2.20. The van der Waals surface area contributed by atoms with E-state index in [0.29, 0.717) is 23.7 Å². The largest absolute Gasteiger partial charge is 0.326 e. The molecule has 0 bridgehead atoms. The van der Waals surface area contributed by atoms with Crippen LogP contribution in [0.25, 0.3) is 0 Å². The fraction of sp³-hybridized carbons (Fsp3) is 0.316. The molecule has 138 valence electrons. The average molecular weight is 373 g/mol. The lowest BCUT2D eigenvalue weighted by molar-refractivity contribution is -0.116. The van der Waals surface area contributed by atoms with Crippen LogP contribution in [0.15, 0.2) is 59.5 Å². The SMILES string of the molecule is O=C(CCC1CCNC1)Nc1cccc(NS(=O)(=O)c2ccccc2)c1. The van der Waals surface area contributed by atoms with E-state index in [9.17, 15) is 13.2 Å². The number of rotatable bonds is 7. The van der Waals surface area contributed by atoms with E-state index in [1.165, 1.54) is 12.1 Å². The van der Waals surface area contributed by atoms with Crippen LogP contribution in [0.1, 0.15) is 19.3 Å². The number of anilines is 2. The van der Waals surface area contributed by atoms with Crippen LogP contribution >= 0.6 is 0 Å². The van der Waals surface area contributed by atoms with Gasteiger partial charge in [0.1, 0.15) is 0 Å². The fourth-order valence-electron chi connectivity index (χ4n) is 2.99. The first-order chi connectivity index (χ1) is 12.5. The van der Waals surface area contributed by atoms with Gasteiger partial charge in [0.25, 0.3) is 10.0 Å². The van der Waals surface area contributed by atoms with Crippen LogP contribution < -0.4 is 15.4 Å². The summed E-state index contributed by atoms with van der Waals surface area (Å²) in [5.74, 6) is 0.504. The first-order valence-electron chi connectivity index (χ1n) is 8.71. The summed E-state index contributed by atoms with van der Waals surface area (Å²) in [7, 11) is -3.65. The zero-order valence-corrected chi connectivity index (χ0v) is 15.3. The molecule has 0 aliphatic carbocycles. The predicted octanol–water partition coefficient (Wildman–Crippen LogP) is 2.82. The molecular weight excluding hydrogens is 350 g/mol. The second-order valence-electron chi connectivity index (χ2n) is 6.45. The van der Waals surface area contributed by atoms with Gasteiger partial charge in [-0.05, 0) is 62.2 Å². The highest BCUT2D eigenvalue weighted by molar-refractivity contribution is 7.92. The van der Waals surface area contributed by atoms with Crippen LogP contribution in [0.5, 0.6) is 0 Å². The van der Waals surface area contributed by atoms with Gasteiger partial charge in [-0.25, -0.2) is 8.42 Å². The van der Waals surface area contributed by atoms with Crippen molar-refractivity contribution in [3.8, 4) is 0 Å². The van der Waals surface area contributed by atoms with Gasteiger partial charge in [-0.2, -0.15) is 0 Å². The normalized spacial score (nSPS) is 17.0. The molecule has 7 heteroatoms. The summed E-state index contributed by atoms with van der Waals surface area (Å²) < 4.78 is 27.3. The van der Waals surface area contributed by atoms with Crippen LogP contribution in [0.4, 0.5) is 11.4 Å². The van der Waals surface area contributed by atoms with E-state index >= 15 is 0 Å². The minimum absolute atomic E-state index is 0.0556. The topological polar surface area (TPSA) is 87.3 Å². The van der Waals surface area contributed by atoms with Gasteiger partial charge in [0.05, 0.1) is 10.6 Å². The predicted molar refractivity (Wildman–Crippen MR) is 103 cm³/mol. The Morgan fingerprint density at radius 1 is 1.08 bits per heavy atom. The molecular formula is C19H23N3O3S. The van der Waals surface area contributed by atoms with Gasteiger partial charge in [0.15, 0.2) is 0 Å². The maximum atomic E-state index is 12.4. The summed E-state index contributed by atoms with van der Waals surface area (Å²) in [4.78, 5) is 12.3. The van der Waals surface area contributed by atoms with Crippen LogP contribution in [-0.2, 0) is 14.8 Å². The third-order valence-corrected chi connectivity index (χ3v) is 5.79. The Balaban J connectivity index is 1.60. The smallest absolute Gasteiger partial charge is 0.261 e. The maximum Gasteiger partial charge on any atom is 0.261 e. The Labute approximate surface area is 154 Å². The fourth-order valence-corrected chi connectivity index (χ4v) is 4.06. The standard InChI is InChI=1S/C19H23N3O3S/c23-19(10-9-15-11-12-20-14-15)21-16-5-4-6-17(13-16)22-26(24,25)18-7-2-1-3-8-18/h1-8,13,15,20,22H,9-12,14H2,(H,21,23). The highest BCUT2D eigenvalue weighted by atomic mass is 32.2. The molecule has 1 saturated heterocycles. The molecule has 3 N–H and O–H groups in total. The van der Waals surface area contributed by atoms with Crippen molar-refractivity contribution in [1.29, 1.82) is 0 Å². The molecule has 3 rings (SSSR count). The van der Waals surface area contributed by atoms with E-state index in [0.717, 1.165) is 25.9 Å². The minimum atomic E-state index is -3.65. The van der Waals surface area contributed by atoms with Crippen LogP contribution in [0.3, 0.4) is 0 Å². The third kappa shape index (κ3) is 5.06. The Morgan fingerprint density at radius 2 is 1.85 bits per heavy atom. The molecule has 2 aromatic carbocycles. The first-order valence-corrected chi connectivity index (χ1v) is 10.2. The Hall–Kier alpha value is -2.38. The molecule has 0 saturated carbocycles. The van der Waals surface area contributed by atoms with Crippen molar-refractivity contribution in [1.82, 2.24) is 5.32 Å². The molecule has 1 heterocycles. The highest BCUT2D eigenvalue weighted by Gasteiger charge is 2.16. The number of amides is 1. The molecule has 1 fully saturated rings. The van der Waals surface area contributed by atoms with E-state index < -0.39 is 10.0 Å². The van der Waals surface area contributed by atoms with Crippen LogP contribution in [0.2, 0.25) is 0 Å². The maximum absolute atomic E-state index is 12.4. The Kier molecular flexibility index (Phi) is 5.90. The molecule has 26 heavy (non-hydrogen) atoms. The molecule has 0 radical (unpaired) electrons. The van der Waals surface area contributed by atoms with Gasteiger partial charge >= 0.3 is 0 Å². The number of hydrogen-bond acceptors (Lipinski definition) is 4. The van der Waals surface area contributed by atoms with Crippen molar-refractivity contribution in [2.45, 2.75) is 24.2 Å². The molecule has 6 nitrogen and oxygen atoms in total. The molecule has 0 spiro atoms. The summed E-state index contributed by atoms with van der Waals surface area (Å²) in [6.45, 7) is 2.00. The monoisotopic (exact) mass is 373 g/mol. The van der Waals surface area contributed by atoms with Crippen molar-refractivity contribution in [2.24, 2.45) is 5.92 Å². The summed E-state index contributed by atoms with van der Waals surface area (Å²) in [6.07, 6.45) is 2.44. The lowest BCUT2D eigenvalue weighted by Gasteiger charge is -2.11. The molecule has 1 aliphatic heterocycles. The molecule has 1 atom stereocenters. The number of sulfonamides is 1. The van der Waals surface area contributed by atoms with Gasteiger partial charge in [0, 0.05) is 12.1 Å². The van der Waals surface area contributed by atoms with Gasteiger partial charge in [0.2, 0.25) is 5.91 Å². The average Bonchev–Trinajstić information content (AvgIpc) is 3.14. The molecule has 1 unspecified atom stereocenters. The second-order valence-corrected chi connectivity index (χ2v) is 8.13. The summed E-state index contributed by atoms with van der Waals surface area (Å²) in [5, 5.41) is 6.13. The van der Waals surface area contributed by atoms with E-state index in [1.54, 1.807) is 42.5 Å². The number of carbonyl (C=O) groups excluding carboxylic acids is 1. The lowest BCUT2D eigenvalue weighted by Crippen LogP contribution is -2.16. The van der Waals surface area contributed by atoms with Crippen molar-refractivity contribution in [3.63, 3.8) is 0 Å². The zero-order valence-electron chi connectivity index (χ0n) is 14.4. The van der Waals surface area contributed by atoms with E-state index in [2.05, 4.69) is 15.4 Å². The number of hydrogen-bond donors (Lipinski definition) is 3. The summed E-state index contributed by atoms with van der Waals surface area (Å²) >= 11 is 0. The third-order valence-electron chi connectivity index (χ3n) is 4.39. The number of benzene rings is 2. The van der Waals surface area contributed by atoms with Crippen LogP contribution in [0, 0.1) is 5.92 Å². The molecule has 1 amide bonds. The second kappa shape index (κ2) is 8.33. The van der Waals surface area contributed by atoms with Crippen molar-refractivity contribution >= 4 is 27.3 Å². The van der Waals surface area contributed by atoms with Crippen molar-refractivity contribution in [3.05, 3.63) is 54.6 Å². The first kappa shape index (κ1) is 18.4. The van der Waals surface area contributed by atoms with Gasteiger partial charge in [-0.1, -0.05) is 24.3 Å². The lowest BCUT2D eigenvalue weighted by atomic mass is 10.0. The van der Waals surface area contributed by atoms with E-state index in [4.69, 9.17) is 0 Å². The van der Waals surface area contributed by atoms with Crippen molar-refractivity contribution < 1.29 is 13.2 Å². The zero-order chi connectivity index (χ0) is 18.4. The Morgan fingerprint density at radius 3 is 2.58 bits per heavy atom. The minimum Gasteiger partial charge on any atom is -0.326 e. The van der Waals surface area contributed by atoms with Crippen molar-refractivity contribution in [2.75, 3.05) is 23.1 Å². The van der Waals surface area contributed by atoms with Gasteiger partial charge in [-0.15, -0.1) is 0 Å². The summed E-state index contributed by atoms with van der Waals surface area (Å²) in [6, 6.07) is 14.9. The molecule has 0 aromatic heterocycles. The van der Waals surface area contributed by atoms with E-state index in [-0.39, 0.29) is 10.8 Å². The van der Waals surface area contributed by atoms with E-state index in [1.807, 2.05) is 0 Å². The Bertz CT molecular complexity index is 847. The molecule has 1 aliphatic rings. The quantitative estimate of drug-likeness (QED) is 0.696. The van der Waals surface area contributed by atoms with Gasteiger partial charge in [-0.3, -0.25) is 9.52 Å². The molecule has 2 aromatic rings. The summed E-state index contributed by atoms with van der Waals surface area (Å²) in [5.41, 5.74) is 0.986. The number of nitrogens with one attached hydrogen (secondary N) is 3. The van der Waals surface area contributed by atoms with Crippen LogP contribution in [-0.4, -0.2) is 27.4 Å². The van der Waals surface area contributed by atoms with Gasteiger partial charge < -0.3 is 10.6 Å².